The number of hydrogen-bond acceptors (Lipinski definition) is 8. The summed E-state index contributed by atoms with van der Waals surface area (Å²) in [4.78, 5) is 12.6. The number of anilines is 15. The van der Waals surface area contributed by atoms with Crippen LogP contribution < -0.4 is 62.0 Å². The van der Waals surface area contributed by atoms with Crippen molar-refractivity contribution in [2.45, 2.75) is 0 Å². The average molecular weight is 1390 g/mol. The molecule has 0 saturated heterocycles. The van der Waals surface area contributed by atoms with E-state index in [4.69, 9.17) is 4.74 Å². The highest BCUT2D eigenvalue weighted by Crippen LogP contribution is 2.56. The normalized spacial score (nSPS) is 12.9. The van der Waals surface area contributed by atoms with Crippen molar-refractivity contribution in [2.75, 3.05) is 24.5 Å². The van der Waals surface area contributed by atoms with Crippen LogP contribution in [0.25, 0.3) is 62.6 Å². The van der Waals surface area contributed by atoms with Gasteiger partial charge in [-0.15, -0.1) is 22.7 Å². The Bertz CT molecular complexity index is 6420. The van der Waals surface area contributed by atoms with E-state index in [1.165, 1.54) is 62.2 Å². The van der Waals surface area contributed by atoms with Crippen molar-refractivity contribution in [1.29, 1.82) is 0 Å². The first kappa shape index (κ1) is 60.5. The zero-order valence-corrected chi connectivity index (χ0v) is 59.0. The molecule has 0 fully saturated rings. The molecular formula is C96H61B2N5OS2. The van der Waals surface area contributed by atoms with Crippen molar-refractivity contribution < 1.29 is 4.74 Å². The van der Waals surface area contributed by atoms with Crippen LogP contribution >= 0.6 is 22.7 Å². The molecule has 106 heavy (non-hydrogen) atoms. The van der Waals surface area contributed by atoms with E-state index >= 15 is 0 Å². The van der Waals surface area contributed by atoms with Crippen LogP contribution in [0.2, 0.25) is 0 Å². The van der Waals surface area contributed by atoms with Gasteiger partial charge in [0.25, 0.3) is 13.4 Å². The molecule has 0 bridgehead atoms. The Balaban J connectivity index is 0.872. The number of nitrogens with zero attached hydrogens (tertiary/aromatic N) is 5. The Morgan fingerprint density at radius 1 is 0.255 bits per heavy atom. The third kappa shape index (κ3) is 9.31. The van der Waals surface area contributed by atoms with E-state index in [-0.39, 0.29) is 13.4 Å². The molecule has 2 aromatic heterocycles. The van der Waals surface area contributed by atoms with Gasteiger partial charge in [0.15, 0.2) is 0 Å². The number of fused-ring (bicyclic) bond motifs is 14. The van der Waals surface area contributed by atoms with E-state index in [2.05, 4.69) is 395 Å². The second kappa shape index (κ2) is 24.3. The fraction of sp³-hybridized carbons (Fsp3) is 0. The fourth-order valence-corrected chi connectivity index (χ4v) is 20.0. The number of hydrogen-bond donors (Lipinski definition) is 0. The zero-order valence-electron chi connectivity index (χ0n) is 57.3. The number of benzene rings is 16. The molecule has 0 saturated carbocycles. The molecular weight excluding hydrogens is 1320 g/mol. The highest BCUT2D eigenvalue weighted by atomic mass is 32.1. The average Bonchev–Trinajstić information content (AvgIpc) is 0.708. The molecule has 0 unspecified atom stereocenters. The Hall–Kier alpha value is -13.1. The first-order chi connectivity index (χ1) is 52.6. The molecule has 4 aliphatic rings. The van der Waals surface area contributed by atoms with Gasteiger partial charge < -0.3 is 29.2 Å². The lowest BCUT2D eigenvalue weighted by Gasteiger charge is -2.46. The molecule has 0 radical (unpaired) electrons. The fourth-order valence-electron chi connectivity index (χ4n) is 17.7. The Morgan fingerprint density at radius 3 is 1.27 bits per heavy atom. The summed E-state index contributed by atoms with van der Waals surface area (Å²) in [5.74, 6) is 1.61. The third-order valence-corrected chi connectivity index (χ3v) is 24.3. The van der Waals surface area contributed by atoms with Crippen molar-refractivity contribution >= 4 is 195 Å². The predicted molar refractivity (Wildman–Crippen MR) is 452 cm³/mol. The quantitative estimate of drug-likeness (QED) is 0.120. The van der Waals surface area contributed by atoms with Crippen LogP contribution in [0, 0.1) is 0 Å². The Kier molecular flexibility index (Phi) is 13.8. The van der Waals surface area contributed by atoms with Gasteiger partial charge in [-0.05, 0) is 153 Å². The zero-order chi connectivity index (χ0) is 69.5. The van der Waals surface area contributed by atoms with E-state index in [1.54, 1.807) is 0 Å². The number of thiophene rings is 2. The van der Waals surface area contributed by atoms with Crippen molar-refractivity contribution in [3.8, 4) is 33.8 Å². The number of para-hydroxylation sites is 7. The third-order valence-electron chi connectivity index (χ3n) is 22.0. The minimum Gasteiger partial charge on any atom is -0.458 e. The van der Waals surface area contributed by atoms with Crippen LogP contribution in [0.5, 0.6) is 11.5 Å². The summed E-state index contributed by atoms with van der Waals surface area (Å²) in [7, 11) is 0. The van der Waals surface area contributed by atoms with Crippen LogP contribution in [-0.4, -0.2) is 13.4 Å². The van der Waals surface area contributed by atoms with Gasteiger partial charge >= 0.3 is 0 Å². The molecule has 0 amide bonds. The molecule has 10 heteroatoms. The summed E-state index contributed by atoms with van der Waals surface area (Å²) < 4.78 is 13.1. The lowest BCUT2D eigenvalue weighted by Crippen LogP contribution is -2.64. The number of ether oxygens (including phenoxy) is 1. The molecule has 0 atom stereocenters. The lowest BCUT2D eigenvalue weighted by atomic mass is 9.30. The summed E-state index contributed by atoms with van der Waals surface area (Å²) in [6, 6.07) is 137. The summed E-state index contributed by atoms with van der Waals surface area (Å²) >= 11 is 3.73. The highest BCUT2D eigenvalue weighted by Gasteiger charge is 2.49. The van der Waals surface area contributed by atoms with Gasteiger partial charge in [-0.2, -0.15) is 0 Å². The topological polar surface area (TPSA) is 25.4 Å². The molecule has 18 aromatic rings. The van der Waals surface area contributed by atoms with Crippen LogP contribution in [0.4, 0.5) is 85.3 Å². The minimum atomic E-state index is -0.274. The molecule has 0 aliphatic carbocycles. The maximum atomic E-state index is 8.10. The molecule has 6 nitrogen and oxygen atoms in total. The molecule has 22 rings (SSSR count). The van der Waals surface area contributed by atoms with Crippen LogP contribution in [0.1, 0.15) is 0 Å². The standard InChI is InChI=1S/C96H61B2N5OS2/c1-7-30-62(31-8-1)70-44-27-45-71(63-32-9-2-10-33-63)95(70)103-83-61-87-78(98-76-48-22-23-49-79(76)101(81-51-29-55-91-92(81)74-43-20-26-54-90(74)105-91)86-58-69(59-88(104-87)94(86)98)100(66-38-15-5-16-39-66)67-40-17-6-18-41-67)60-77(83)97-75-47-21-24-50-80(75)102(82-52-28-46-73-72-42-19-25-53-89(72)106-96(73)82)84-56-68(57-85(103)93(84)97)99(64-34-11-3-12-35-64)65-36-13-4-14-37-65/h1-61H. The van der Waals surface area contributed by atoms with Crippen LogP contribution in [0.3, 0.4) is 0 Å². The monoisotopic (exact) mass is 1390 g/mol. The first-order valence-corrected chi connectivity index (χ1v) is 37.9. The maximum absolute atomic E-state index is 8.10. The summed E-state index contributed by atoms with van der Waals surface area (Å²) in [5, 5.41) is 4.98. The van der Waals surface area contributed by atoms with Crippen molar-refractivity contribution in [3.63, 3.8) is 0 Å². The molecule has 494 valence electrons. The molecule has 6 heterocycles. The summed E-state index contributed by atoms with van der Waals surface area (Å²) in [5.41, 5.74) is 27.6. The second-order valence-corrected chi connectivity index (χ2v) is 29.9. The number of rotatable bonds is 11. The smallest absolute Gasteiger partial charge is 0.256 e. The predicted octanol–water partition coefficient (Wildman–Crippen LogP) is 23.2. The van der Waals surface area contributed by atoms with Crippen molar-refractivity contribution in [1.82, 2.24) is 0 Å². The van der Waals surface area contributed by atoms with E-state index in [1.807, 2.05) is 22.7 Å². The van der Waals surface area contributed by atoms with Gasteiger partial charge in [-0.1, -0.05) is 249 Å². The first-order valence-electron chi connectivity index (χ1n) is 36.3. The van der Waals surface area contributed by atoms with Gasteiger partial charge in [0.1, 0.15) is 11.5 Å². The van der Waals surface area contributed by atoms with Crippen molar-refractivity contribution in [3.05, 3.63) is 370 Å². The largest absolute Gasteiger partial charge is 0.458 e. The highest BCUT2D eigenvalue weighted by molar-refractivity contribution is 7.26. The van der Waals surface area contributed by atoms with Gasteiger partial charge in [-0.3, -0.25) is 0 Å². The van der Waals surface area contributed by atoms with Gasteiger partial charge in [0.2, 0.25) is 0 Å². The van der Waals surface area contributed by atoms with E-state index in [0.717, 1.165) is 130 Å². The van der Waals surface area contributed by atoms with Gasteiger partial charge in [0.05, 0.1) is 33.1 Å². The summed E-state index contributed by atoms with van der Waals surface area (Å²) in [6.45, 7) is -0.538. The van der Waals surface area contributed by atoms with Gasteiger partial charge in [0, 0.05) is 116 Å². The molecule has 0 N–H and O–H groups in total. The lowest BCUT2D eigenvalue weighted by molar-refractivity contribution is 0.488. The van der Waals surface area contributed by atoms with Crippen molar-refractivity contribution in [2.24, 2.45) is 0 Å². The second-order valence-electron chi connectivity index (χ2n) is 27.8. The van der Waals surface area contributed by atoms with Crippen LogP contribution in [-0.2, 0) is 0 Å². The van der Waals surface area contributed by atoms with E-state index in [9.17, 15) is 0 Å². The molecule has 0 spiro atoms. The molecule has 16 aromatic carbocycles. The molecule has 4 aliphatic heterocycles. The summed E-state index contributed by atoms with van der Waals surface area (Å²) in [6.07, 6.45) is 0. The van der Waals surface area contributed by atoms with Crippen LogP contribution in [0.15, 0.2) is 370 Å². The van der Waals surface area contributed by atoms with Gasteiger partial charge in [-0.25, -0.2) is 0 Å². The van der Waals surface area contributed by atoms with E-state index < -0.39 is 0 Å². The Morgan fingerprint density at radius 2 is 0.679 bits per heavy atom. The maximum Gasteiger partial charge on any atom is 0.256 e. The minimum absolute atomic E-state index is 0.264. The Labute approximate surface area is 623 Å². The SMILES string of the molecule is c1ccc(-c2cccc(-c3ccccc3)c2N2c3cc4c(cc3B3c5ccccc5N(c5cccc6c5sc5ccccc56)c5cc(N(c6ccccc6)c6ccccc6)cc2c53)B2c3ccccc3N(c3cccc5sc6ccccc6c35)c3cc(N(c5ccccc5)c5ccccc5)cc(c32)O4)cc1. The van der Waals surface area contributed by atoms with E-state index in [0.29, 0.717) is 0 Å².